The molecule has 0 heterocycles. The highest BCUT2D eigenvalue weighted by Crippen LogP contribution is 2.10. The summed E-state index contributed by atoms with van der Waals surface area (Å²) in [5.74, 6) is 0.0308. The molecule has 2 rings (SSSR count). The summed E-state index contributed by atoms with van der Waals surface area (Å²) >= 11 is 0. The molecule has 2 N–H and O–H groups in total. The lowest BCUT2D eigenvalue weighted by Gasteiger charge is -2.24. The Balaban J connectivity index is 2.00. The minimum atomic E-state index is -0.0141. The number of likely N-dealkylation sites (N-methyl/N-ethyl adjacent to an activating group) is 1. The van der Waals surface area contributed by atoms with Crippen LogP contribution in [0.2, 0.25) is 0 Å². The number of benzene rings is 2. The molecule has 0 aliphatic rings. The zero-order valence-corrected chi connectivity index (χ0v) is 16.3. The maximum absolute atomic E-state index is 12.9. The van der Waals surface area contributed by atoms with Crippen molar-refractivity contribution in [1.29, 1.82) is 0 Å². The summed E-state index contributed by atoms with van der Waals surface area (Å²) in [6.07, 6.45) is 0.908. The number of carbonyl (C=O) groups excluding carboxylic acids is 2. The highest BCUT2D eigenvalue weighted by Gasteiger charge is 2.20. The summed E-state index contributed by atoms with van der Waals surface area (Å²) in [6, 6.07) is 20.0. The molecular weight excluding hydrogens is 338 g/mol. The second-order valence-electron chi connectivity index (χ2n) is 6.88. The third-order valence-electron chi connectivity index (χ3n) is 4.27. The fourth-order valence-electron chi connectivity index (χ4n) is 2.87. The second kappa shape index (κ2) is 11.1. The average molecular weight is 369 g/mol. The van der Waals surface area contributed by atoms with Crippen molar-refractivity contribution in [2.45, 2.75) is 26.4 Å². The molecule has 1 atom stereocenters. The van der Waals surface area contributed by atoms with Gasteiger partial charge in [-0.25, -0.2) is 0 Å². The van der Waals surface area contributed by atoms with Crippen LogP contribution in [0.1, 0.15) is 24.5 Å². The minimum absolute atomic E-state index is 0.0141. The highest BCUT2D eigenvalue weighted by atomic mass is 16.2. The Morgan fingerprint density at radius 3 is 1.89 bits per heavy atom. The maximum Gasteiger partial charge on any atom is 0.278 e. The smallest absolute Gasteiger partial charge is 0.278 e. The van der Waals surface area contributed by atoms with E-state index in [1.807, 2.05) is 79.5 Å². The molecule has 5 nitrogen and oxygen atoms in total. The summed E-state index contributed by atoms with van der Waals surface area (Å²) in [4.78, 5) is 27.6. The first kappa shape index (κ1) is 20.6. The van der Waals surface area contributed by atoms with E-state index in [4.69, 9.17) is 0 Å². The van der Waals surface area contributed by atoms with Gasteiger partial charge >= 0.3 is 0 Å². The number of carbonyl (C=O) groups is 2. The average Bonchev–Trinajstić information content (AvgIpc) is 2.67. The number of rotatable bonds is 10. The van der Waals surface area contributed by atoms with E-state index in [1.54, 1.807) is 0 Å². The number of nitrogens with zero attached hydrogens (tertiary/aromatic N) is 1. The largest absolute Gasteiger partial charge is 0.351 e. The maximum atomic E-state index is 12.9. The van der Waals surface area contributed by atoms with Gasteiger partial charge in [0.15, 0.2) is 13.1 Å². The second-order valence-corrected chi connectivity index (χ2v) is 6.88. The monoisotopic (exact) mass is 368 g/mol. The fraction of sp³-hybridized carbons (Fsp3) is 0.364. The van der Waals surface area contributed by atoms with Crippen LogP contribution in [0.3, 0.4) is 0 Å². The Bertz CT molecular complexity index is 663. The third kappa shape index (κ3) is 7.62. The van der Waals surface area contributed by atoms with Crippen molar-refractivity contribution >= 4 is 11.8 Å². The SMILES string of the molecule is CCCNC(=O)C[NH+](C)CC(=O)N(Cc1ccccc1)Cc1ccccc1. The minimum Gasteiger partial charge on any atom is -0.351 e. The van der Waals surface area contributed by atoms with Crippen molar-refractivity contribution < 1.29 is 14.5 Å². The number of quaternary nitrogens is 1. The normalized spacial score (nSPS) is 11.6. The quantitative estimate of drug-likeness (QED) is 0.663. The van der Waals surface area contributed by atoms with E-state index in [0.29, 0.717) is 32.7 Å². The van der Waals surface area contributed by atoms with Gasteiger partial charge in [0.25, 0.3) is 11.8 Å². The van der Waals surface area contributed by atoms with E-state index in [-0.39, 0.29) is 11.8 Å². The van der Waals surface area contributed by atoms with Gasteiger partial charge in [-0.1, -0.05) is 67.6 Å². The number of amides is 2. The Morgan fingerprint density at radius 2 is 1.41 bits per heavy atom. The van der Waals surface area contributed by atoms with Crippen molar-refractivity contribution in [2.24, 2.45) is 0 Å². The lowest BCUT2D eigenvalue weighted by molar-refractivity contribution is -0.863. The number of hydrogen-bond donors (Lipinski definition) is 2. The van der Waals surface area contributed by atoms with Gasteiger partial charge in [0.2, 0.25) is 0 Å². The van der Waals surface area contributed by atoms with Crippen LogP contribution in [0.5, 0.6) is 0 Å². The topological polar surface area (TPSA) is 53.9 Å². The molecule has 2 aromatic carbocycles. The first-order chi connectivity index (χ1) is 13.1. The summed E-state index contributed by atoms with van der Waals surface area (Å²) in [7, 11) is 1.88. The Morgan fingerprint density at radius 1 is 0.889 bits per heavy atom. The molecule has 0 fully saturated rings. The summed E-state index contributed by atoms with van der Waals surface area (Å²) in [6.45, 7) is 4.41. The highest BCUT2D eigenvalue weighted by molar-refractivity contribution is 5.79. The molecule has 2 aromatic rings. The molecule has 0 radical (unpaired) electrons. The van der Waals surface area contributed by atoms with E-state index >= 15 is 0 Å². The molecule has 0 aliphatic heterocycles. The standard InChI is InChI=1S/C22H29N3O2/c1-3-14-23-21(26)17-24(2)18-22(27)25(15-19-10-6-4-7-11-19)16-20-12-8-5-9-13-20/h4-13H,3,14-18H2,1-2H3,(H,23,26)/p+1. The van der Waals surface area contributed by atoms with Crippen LogP contribution in [0.15, 0.2) is 60.7 Å². The van der Waals surface area contributed by atoms with Crippen LogP contribution >= 0.6 is 0 Å². The van der Waals surface area contributed by atoms with E-state index in [2.05, 4.69) is 5.32 Å². The van der Waals surface area contributed by atoms with E-state index in [1.165, 1.54) is 0 Å². The molecule has 0 spiro atoms. The number of nitrogens with one attached hydrogen (secondary N) is 2. The zero-order valence-electron chi connectivity index (χ0n) is 16.3. The van der Waals surface area contributed by atoms with E-state index in [0.717, 1.165) is 22.4 Å². The van der Waals surface area contributed by atoms with Gasteiger partial charge in [-0.2, -0.15) is 0 Å². The van der Waals surface area contributed by atoms with Crippen LogP contribution in [0.4, 0.5) is 0 Å². The van der Waals surface area contributed by atoms with Gasteiger partial charge in [0, 0.05) is 19.6 Å². The number of hydrogen-bond acceptors (Lipinski definition) is 2. The van der Waals surface area contributed by atoms with Gasteiger partial charge in [-0.15, -0.1) is 0 Å². The summed E-state index contributed by atoms with van der Waals surface area (Å²) in [5, 5.41) is 2.86. The summed E-state index contributed by atoms with van der Waals surface area (Å²) in [5.41, 5.74) is 2.19. The Hall–Kier alpha value is -2.66. The van der Waals surface area contributed by atoms with Gasteiger partial charge in [-0.3, -0.25) is 9.59 Å². The molecule has 1 unspecified atom stereocenters. The summed E-state index contributed by atoms with van der Waals surface area (Å²) < 4.78 is 0. The predicted molar refractivity (Wildman–Crippen MR) is 107 cm³/mol. The van der Waals surface area contributed by atoms with E-state index in [9.17, 15) is 9.59 Å². The van der Waals surface area contributed by atoms with Crippen molar-refractivity contribution in [2.75, 3.05) is 26.7 Å². The van der Waals surface area contributed by atoms with Crippen LogP contribution in [-0.2, 0) is 22.7 Å². The Labute approximate surface area is 162 Å². The molecule has 0 saturated heterocycles. The van der Waals surface area contributed by atoms with Crippen molar-refractivity contribution in [3.05, 3.63) is 71.8 Å². The van der Waals surface area contributed by atoms with Crippen molar-refractivity contribution in [1.82, 2.24) is 10.2 Å². The molecule has 0 aromatic heterocycles. The molecule has 5 heteroatoms. The van der Waals surface area contributed by atoms with Crippen LogP contribution < -0.4 is 10.2 Å². The third-order valence-corrected chi connectivity index (χ3v) is 4.27. The molecule has 144 valence electrons. The van der Waals surface area contributed by atoms with Crippen LogP contribution in [0.25, 0.3) is 0 Å². The molecular formula is C22H30N3O2+. The van der Waals surface area contributed by atoms with Gasteiger partial charge in [-0.05, 0) is 17.5 Å². The van der Waals surface area contributed by atoms with Gasteiger partial charge in [0.1, 0.15) is 0 Å². The lowest BCUT2D eigenvalue weighted by Crippen LogP contribution is -3.11. The molecule has 0 bridgehead atoms. The molecule has 2 amide bonds. The van der Waals surface area contributed by atoms with Crippen LogP contribution in [0, 0.1) is 0 Å². The predicted octanol–water partition coefficient (Wildman–Crippen LogP) is 1.26. The van der Waals surface area contributed by atoms with Crippen LogP contribution in [-0.4, -0.2) is 43.4 Å². The van der Waals surface area contributed by atoms with E-state index < -0.39 is 0 Å². The lowest BCUT2D eigenvalue weighted by atomic mass is 10.1. The van der Waals surface area contributed by atoms with Gasteiger partial charge in [0.05, 0.1) is 7.05 Å². The van der Waals surface area contributed by atoms with Crippen molar-refractivity contribution in [3.8, 4) is 0 Å². The first-order valence-corrected chi connectivity index (χ1v) is 9.52. The molecule has 27 heavy (non-hydrogen) atoms. The Kier molecular flexibility index (Phi) is 8.52. The van der Waals surface area contributed by atoms with Gasteiger partial charge < -0.3 is 15.1 Å². The first-order valence-electron chi connectivity index (χ1n) is 9.52. The molecule has 0 saturated carbocycles. The molecule has 0 aliphatic carbocycles. The zero-order chi connectivity index (χ0) is 19.5. The fourth-order valence-corrected chi connectivity index (χ4v) is 2.87. The van der Waals surface area contributed by atoms with Crippen molar-refractivity contribution in [3.63, 3.8) is 0 Å².